The molecule has 2 unspecified atom stereocenters. The lowest BCUT2D eigenvalue weighted by Crippen LogP contribution is -2.24. The van der Waals surface area contributed by atoms with Gasteiger partial charge in [0, 0.05) is 17.6 Å². The van der Waals surface area contributed by atoms with E-state index in [-0.39, 0.29) is 12.4 Å². The standard InChI is InChI=1S/C24H25NO3S2/c1-2-5-21(26)24(30(27,29)28-15-4-14-25)20-13-11-18-9-8-16-6-3-7-17-10-12-19(20)23(18)22(16)17/h3,6-13,24H,2,4-5,14-15,25H2,1H3. The van der Waals surface area contributed by atoms with Gasteiger partial charge in [0.2, 0.25) is 0 Å². The third-order valence-electron chi connectivity index (χ3n) is 5.52. The van der Waals surface area contributed by atoms with Gasteiger partial charge in [-0.15, -0.1) is 0 Å². The molecule has 0 bridgehead atoms. The zero-order valence-electron chi connectivity index (χ0n) is 16.9. The molecule has 2 N–H and O–H groups in total. The maximum atomic E-state index is 13.5. The fraction of sp³-hybridized carbons (Fsp3) is 0.292. The molecule has 0 spiro atoms. The fourth-order valence-electron chi connectivity index (χ4n) is 4.18. The molecule has 0 heterocycles. The summed E-state index contributed by atoms with van der Waals surface area (Å²) >= 11 is 5.41. The van der Waals surface area contributed by atoms with E-state index < -0.39 is 14.0 Å². The molecule has 0 saturated carbocycles. The summed E-state index contributed by atoms with van der Waals surface area (Å²) in [7, 11) is -3.31. The lowest BCUT2D eigenvalue weighted by atomic mass is 9.90. The summed E-state index contributed by atoms with van der Waals surface area (Å²) in [5.74, 6) is -0.139. The van der Waals surface area contributed by atoms with Crippen LogP contribution in [0.2, 0.25) is 0 Å². The van der Waals surface area contributed by atoms with Crippen molar-refractivity contribution in [3.63, 3.8) is 0 Å². The largest absolute Gasteiger partial charge is 0.330 e. The van der Waals surface area contributed by atoms with Crippen LogP contribution in [-0.4, -0.2) is 23.1 Å². The van der Waals surface area contributed by atoms with Crippen molar-refractivity contribution in [1.29, 1.82) is 0 Å². The molecular weight excluding hydrogens is 414 g/mol. The monoisotopic (exact) mass is 439 g/mol. The minimum absolute atomic E-state index is 0.139. The third-order valence-corrected chi connectivity index (χ3v) is 7.97. The van der Waals surface area contributed by atoms with Crippen LogP contribution in [0.3, 0.4) is 0 Å². The van der Waals surface area contributed by atoms with E-state index in [4.69, 9.17) is 21.1 Å². The molecular formula is C24H25NO3S2. The SMILES string of the molecule is CCCC(=O)C(c1ccc2ccc3cccc4ccc1c2c34)S(=O)(=S)OCCCN. The highest BCUT2D eigenvalue weighted by Crippen LogP contribution is 2.40. The predicted octanol–water partition coefficient (Wildman–Crippen LogP) is 5.02. The number of nitrogens with two attached hydrogens (primary N) is 1. The van der Waals surface area contributed by atoms with Crippen molar-refractivity contribution >= 4 is 58.1 Å². The minimum atomic E-state index is -3.31. The maximum Gasteiger partial charge on any atom is 0.158 e. The van der Waals surface area contributed by atoms with Crippen molar-refractivity contribution in [2.24, 2.45) is 5.73 Å². The van der Waals surface area contributed by atoms with Crippen LogP contribution in [0.4, 0.5) is 0 Å². The molecule has 0 amide bonds. The lowest BCUT2D eigenvalue weighted by Gasteiger charge is -2.22. The van der Waals surface area contributed by atoms with Gasteiger partial charge in [-0.1, -0.05) is 61.5 Å². The van der Waals surface area contributed by atoms with Crippen molar-refractivity contribution < 1.29 is 13.2 Å². The Labute approximate surface area is 181 Å². The summed E-state index contributed by atoms with van der Waals surface area (Å²) in [6, 6.07) is 18.3. The van der Waals surface area contributed by atoms with Gasteiger partial charge in [-0.3, -0.25) is 8.98 Å². The Morgan fingerprint density at radius 3 is 2.33 bits per heavy atom. The highest BCUT2D eigenvalue weighted by Gasteiger charge is 2.33. The van der Waals surface area contributed by atoms with Crippen LogP contribution in [0.25, 0.3) is 32.3 Å². The van der Waals surface area contributed by atoms with Crippen LogP contribution in [0.15, 0.2) is 54.6 Å². The molecule has 0 saturated heterocycles. The molecule has 2 atom stereocenters. The zero-order chi connectivity index (χ0) is 21.3. The van der Waals surface area contributed by atoms with E-state index in [1.165, 1.54) is 0 Å². The summed E-state index contributed by atoms with van der Waals surface area (Å²) in [6.07, 6.45) is 1.51. The Morgan fingerprint density at radius 1 is 1.03 bits per heavy atom. The van der Waals surface area contributed by atoms with Gasteiger partial charge in [0.1, 0.15) is 5.25 Å². The smallest absolute Gasteiger partial charge is 0.158 e. The summed E-state index contributed by atoms with van der Waals surface area (Å²) in [4.78, 5) is 13.1. The van der Waals surface area contributed by atoms with Gasteiger partial charge in [0.25, 0.3) is 0 Å². The molecule has 0 fully saturated rings. The Morgan fingerprint density at radius 2 is 1.67 bits per heavy atom. The first-order chi connectivity index (χ1) is 14.5. The highest BCUT2D eigenvalue weighted by atomic mass is 32.8. The first-order valence-electron chi connectivity index (χ1n) is 10.3. The van der Waals surface area contributed by atoms with Crippen LogP contribution < -0.4 is 5.73 Å². The van der Waals surface area contributed by atoms with E-state index >= 15 is 0 Å². The first-order valence-corrected chi connectivity index (χ1v) is 12.7. The molecule has 4 nitrogen and oxygen atoms in total. The molecule has 6 heteroatoms. The van der Waals surface area contributed by atoms with Crippen LogP contribution >= 0.6 is 0 Å². The van der Waals surface area contributed by atoms with Gasteiger partial charge in [-0.25, -0.2) is 4.21 Å². The normalized spacial score (nSPS) is 15.0. The fourth-order valence-corrected chi connectivity index (χ4v) is 6.46. The van der Waals surface area contributed by atoms with Crippen LogP contribution in [0.5, 0.6) is 0 Å². The van der Waals surface area contributed by atoms with Crippen molar-refractivity contribution in [2.45, 2.75) is 31.4 Å². The van der Waals surface area contributed by atoms with E-state index in [1.54, 1.807) is 0 Å². The highest BCUT2D eigenvalue weighted by molar-refractivity contribution is 8.30. The van der Waals surface area contributed by atoms with Gasteiger partial charge >= 0.3 is 0 Å². The van der Waals surface area contributed by atoms with E-state index in [9.17, 15) is 9.00 Å². The zero-order valence-corrected chi connectivity index (χ0v) is 18.6. The van der Waals surface area contributed by atoms with E-state index in [2.05, 4.69) is 30.3 Å². The molecule has 0 radical (unpaired) electrons. The average Bonchev–Trinajstić information content (AvgIpc) is 2.73. The molecule has 4 aromatic rings. The van der Waals surface area contributed by atoms with Crippen molar-refractivity contribution in [1.82, 2.24) is 0 Å². The Hall–Kier alpha value is -2.12. The van der Waals surface area contributed by atoms with Crippen LogP contribution in [-0.2, 0) is 28.9 Å². The van der Waals surface area contributed by atoms with E-state index in [0.717, 1.165) is 32.3 Å². The summed E-state index contributed by atoms with van der Waals surface area (Å²) in [5.41, 5.74) is 6.22. The number of Topliss-reactive ketones (excluding diaryl/α,β-unsaturated/α-hetero) is 1. The first kappa shape index (κ1) is 21.1. The van der Waals surface area contributed by atoms with Gasteiger partial charge in [0.05, 0.1) is 6.61 Å². The van der Waals surface area contributed by atoms with Gasteiger partial charge < -0.3 is 5.73 Å². The number of carbonyl (C=O) groups excluding carboxylic acids is 1. The Kier molecular flexibility index (Phi) is 6.02. The van der Waals surface area contributed by atoms with E-state index in [1.807, 2.05) is 31.2 Å². The summed E-state index contributed by atoms with van der Waals surface area (Å²) in [6.45, 7) is 2.53. The molecule has 30 heavy (non-hydrogen) atoms. The lowest BCUT2D eigenvalue weighted by molar-refractivity contribution is -0.118. The topological polar surface area (TPSA) is 69.4 Å². The summed E-state index contributed by atoms with van der Waals surface area (Å²) in [5, 5.41) is 5.51. The molecule has 4 aromatic carbocycles. The predicted molar refractivity (Wildman–Crippen MR) is 128 cm³/mol. The van der Waals surface area contributed by atoms with Crippen molar-refractivity contribution in [3.05, 3.63) is 60.2 Å². The number of hydrogen-bond acceptors (Lipinski definition) is 5. The molecule has 0 aliphatic rings. The van der Waals surface area contributed by atoms with Gasteiger partial charge in [-0.05, 0) is 57.3 Å². The summed E-state index contributed by atoms with van der Waals surface area (Å²) < 4.78 is 19.1. The molecule has 0 aliphatic heterocycles. The third kappa shape index (κ3) is 3.69. The quantitative estimate of drug-likeness (QED) is 0.293. The van der Waals surface area contributed by atoms with Gasteiger partial charge in [-0.2, -0.15) is 0 Å². The second-order valence-corrected chi connectivity index (χ2v) is 10.7. The minimum Gasteiger partial charge on any atom is -0.330 e. The van der Waals surface area contributed by atoms with Crippen molar-refractivity contribution in [2.75, 3.05) is 13.2 Å². The van der Waals surface area contributed by atoms with Gasteiger partial charge in [0.15, 0.2) is 14.6 Å². The maximum absolute atomic E-state index is 13.5. The molecule has 0 aliphatic carbocycles. The second-order valence-electron chi connectivity index (χ2n) is 7.56. The molecule has 156 valence electrons. The Balaban J connectivity index is 1.96. The average molecular weight is 440 g/mol. The number of rotatable bonds is 9. The Bertz CT molecular complexity index is 1300. The number of ketones is 1. The molecule has 4 rings (SSSR count). The molecule has 0 aromatic heterocycles. The number of benzene rings is 4. The number of hydrogen-bond donors (Lipinski definition) is 1. The second kappa shape index (κ2) is 8.55. The van der Waals surface area contributed by atoms with Crippen LogP contribution in [0, 0.1) is 0 Å². The van der Waals surface area contributed by atoms with E-state index in [0.29, 0.717) is 31.4 Å². The number of carbonyl (C=O) groups is 1. The van der Waals surface area contributed by atoms with Crippen LogP contribution in [0.1, 0.15) is 37.0 Å². The van der Waals surface area contributed by atoms with Crippen molar-refractivity contribution in [3.8, 4) is 0 Å².